The quantitative estimate of drug-likeness (QED) is 0.907. The molecular formula is C17H21N3O3. The zero-order chi connectivity index (χ0) is 16.1. The summed E-state index contributed by atoms with van der Waals surface area (Å²) in [6.07, 6.45) is 0.753. The van der Waals surface area contributed by atoms with Crippen molar-refractivity contribution >= 4 is 0 Å². The van der Waals surface area contributed by atoms with E-state index in [9.17, 15) is 0 Å². The molecule has 1 aromatic carbocycles. The number of hydrogen-bond acceptors (Lipinski definition) is 6. The summed E-state index contributed by atoms with van der Waals surface area (Å²) in [6.45, 7) is 2.53. The molecule has 0 amide bonds. The molecule has 0 bridgehead atoms. The first-order valence-electron chi connectivity index (χ1n) is 7.65. The number of ether oxygens (including phenoxy) is 3. The smallest absolute Gasteiger partial charge is 0.220 e. The first kappa shape index (κ1) is 15.7. The SMILES string of the molecule is COc1cc(OC)nc(Cc2ccc([C@@H]3CNCCO3)cc2)n1. The van der Waals surface area contributed by atoms with Gasteiger partial charge in [0.1, 0.15) is 5.82 Å². The molecule has 0 aliphatic carbocycles. The summed E-state index contributed by atoms with van der Waals surface area (Å²) in [5.74, 6) is 1.68. The highest BCUT2D eigenvalue weighted by Gasteiger charge is 2.15. The molecule has 23 heavy (non-hydrogen) atoms. The van der Waals surface area contributed by atoms with Crippen molar-refractivity contribution in [3.05, 3.63) is 47.3 Å². The maximum absolute atomic E-state index is 5.76. The monoisotopic (exact) mass is 315 g/mol. The Bertz CT molecular complexity index is 618. The lowest BCUT2D eigenvalue weighted by atomic mass is 10.0. The van der Waals surface area contributed by atoms with Gasteiger partial charge in [0.2, 0.25) is 11.8 Å². The summed E-state index contributed by atoms with van der Waals surface area (Å²) in [4.78, 5) is 8.72. The molecule has 1 fully saturated rings. The van der Waals surface area contributed by atoms with Gasteiger partial charge in [0.25, 0.3) is 0 Å². The maximum Gasteiger partial charge on any atom is 0.220 e. The van der Waals surface area contributed by atoms with Crippen molar-refractivity contribution in [3.63, 3.8) is 0 Å². The number of aromatic nitrogens is 2. The second-order valence-electron chi connectivity index (χ2n) is 5.35. The third kappa shape index (κ3) is 3.97. The van der Waals surface area contributed by atoms with Crippen LogP contribution in [0, 0.1) is 0 Å². The largest absolute Gasteiger partial charge is 0.481 e. The van der Waals surface area contributed by atoms with E-state index in [4.69, 9.17) is 14.2 Å². The molecule has 2 aromatic rings. The van der Waals surface area contributed by atoms with Gasteiger partial charge in [0.05, 0.1) is 33.0 Å². The Morgan fingerprint density at radius 3 is 2.39 bits per heavy atom. The van der Waals surface area contributed by atoms with Gasteiger partial charge in [-0.15, -0.1) is 0 Å². The van der Waals surface area contributed by atoms with Crippen LogP contribution in [-0.4, -0.2) is 43.9 Å². The van der Waals surface area contributed by atoms with Crippen molar-refractivity contribution in [2.24, 2.45) is 0 Å². The van der Waals surface area contributed by atoms with Gasteiger partial charge in [-0.3, -0.25) is 0 Å². The zero-order valence-corrected chi connectivity index (χ0v) is 13.4. The van der Waals surface area contributed by atoms with E-state index in [0.717, 1.165) is 25.3 Å². The van der Waals surface area contributed by atoms with Gasteiger partial charge < -0.3 is 19.5 Å². The molecule has 122 valence electrons. The fourth-order valence-corrected chi connectivity index (χ4v) is 2.55. The molecule has 1 aliphatic heterocycles. The highest BCUT2D eigenvalue weighted by Crippen LogP contribution is 2.21. The van der Waals surface area contributed by atoms with E-state index in [-0.39, 0.29) is 6.10 Å². The predicted octanol–water partition coefficient (Wildman–Crippen LogP) is 1.75. The van der Waals surface area contributed by atoms with Crippen LogP contribution in [0.25, 0.3) is 0 Å². The van der Waals surface area contributed by atoms with Crippen LogP contribution in [0.1, 0.15) is 23.1 Å². The van der Waals surface area contributed by atoms with E-state index in [1.165, 1.54) is 5.56 Å². The third-order valence-corrected chi connectivity index (χ3v) is 3.79. The predicted molar refractivity (Wildman–Crippen MR) is 85.9 cm³/mol. The van der Waals surface area contributed by atoms with Crippen LogP contribution in [-0.2, 0) is 11.2 Å². The first-order chi connectivity index (χ1) is 11.3. The molecule has 1 aromatic heterocycles. The van der Waals surface area contributed by atoms with Gasteiger partial charge >= 0.3 is 0 Å². The molecule has 0 saturated carbocycles. The van der Waals surface area contributed by atoms with Crippen LogP contribution in [0.15, 0.2) is 30.3 Å². The Morgan fingerprint density at radius 2 is 1.83 bits per heavy atom. The Balaban J connectivity index is 1.72. The Labute approximate surface area is 135 Å². The molecule has 6 nitrogen and oxygen atoms in total. The molecule has 0 unspecified atom stereocenters. The summed E-state index contributed by atoms with van der Waals surface area (Å²) in [7, 11) is 3.16. The molecule has 3 rings (SSSR count). The highest BCUT2D eigenvalue weighted by molar-refractivity contribution is 5.28. The van der Waals surface area contributed by atoms with Crippen molar-refractivity contribution in [1.29, 1.82) is 0 Å². The molecule has 6 heteroatoms. The number of methoxy groups -OCH3 is 2. The highest BCUT2D eigenvalue weighted by atomic mass is 16.5. The van der Waals surface area contributed by atoms with Crippen LogP contribution in [0.5, 0.6) is 11.8 Å². The summed E-state index contributed by atoms with van der Waals surface area (Å²) in [6, 6.07) is 10.0. The third-order valence-electron chi connectivity index (χ3n) is 3.79. The molecule has 0 radical (unpaired) electrons. The fraction of sp³-hybridized carbons (Fsp3) is 0.412. The van der Waals surface area contributed by atoms with Crippen molar-refractivity contribution in [2.45, 2.75) is 12.5 Å². The topological polar surface area (TPSA) is 65.5 Å². The Kier molecular flexibility index (Phi) is 5.05. The van der Waals surface area contributed by atoms with Crippen molar-refractivity contribution < 1.29 is 14.2 Å². The molecule has 1 saturated heterocycles. The van der Waals surface area contributed by atoms with Crippen LogP contribution < -0.4 is 14.8 Å². The fourth-order valence-electron chi connectivity index (χ4n) is 2.55. The lowest BCUT2D eigenvalue weighted by Gasteiger charge is -2.24. The summed E-state index contributed by atoms with van der Waals surface area (Å²) < 4.78 is 16.1. The minimum atomic E-state index is 0.131. The average molecular weight is 315 g/mol. The van der Waals surface area contributed by atoms with Gasteiger partial charge in [-0.05, 0) is 11.1 Å². The van der Waals surface area contributed by atoms with E-state index >= 15 is 0 Å². The average Bonchev–Trinajstić information content (AvgIpc) is 2.62. The molecule has 1 N–H and O–H groups in total. The number of nitrogens with one attached hydrogen (secondary N) is 1. The normalized spacial score (nSPS) is 17.7. The number of hydrogen-bond donors (Lipinski definition) is 1. The standard InChI is InChI=1S/C17H21N3O3/c1-21-16-10-17(22-2)20-15(19-16)9-12-3-5-13(6-4-12)14-11-18-7-8-23-14/h3-6,10,14,18H,7-9,11H2,1-2H3/t14-/m0/s1. The summed E-state index contributed by atoms with van der Waals surface area (Å²) >= 11 is 0. The van der Waals surface area contributed by atoms with Gasteiger partial charge in [-0.25, -0.2) is 0 Å². The Hall–Kier alpha value is -2.18. The molecule has 1 aliphatic rings. The van der Waals surface area contributed by atoms with Crippen LogP contribution in [0.2, 0.25) is 0 Å². The summed E-state index contributed by atoms with van der Waals surface area (Å²) in [5, 5.41) is 3.34. The van der Waals surface area contributed by atoms with Gasteiger partial charge in [0.15, 0.2) is 0 Å². The zero-order valence-electron chi connectivity index (χ0n) is 13.4. The number of nitrogens with zero attached hydrogens (tertiary/aromatic N) is 2. The number of benzene rings is 1. The van der Waals surface area contributed by atoms with Gasteiger partial charge in [0, 0.05) is 19.5 Å². The lowest BCUT2D eigenvalue weighted by molar-refractivity contribution is 0.0277. The van der Waals surface area contributed by atoms with E-state index in [0.29, 0.717) is 24.0 Å². The molecule has 0 spiro atoms. The first-order valence-corrected chi connectivity index (χ1v) is 7.65. The summed E-state index contributed by atoms with van der Waals surface area (Å²) in [5.41, 5.74) is 2.32. The second-order valence-corrected chi connectivity index (χ2v) is 5.35. The molecule has 2 heterocycles. The van der Waals surface area contributed by atoms with Gasteiger partial charge in [-0.1, -0.05) is 24.3 Å². The van der Waals surface area contributed by atoms with E-state index in [1.807, 2.05) is 0 Å². The van der Waals surface area contributed by atoms with Crippen LogP contribution >= 0.6 is 0 Å². The van der Waals surface area contributed by atoms with Crippen molar-refractivity contribution in [3.8, 4) is 11.8 Å². The van der Waals surface area contributed by atoms with Crippen molar-refractivity contribution in [2.75, 3.05) is 33.9 Å². The minimum absolute atomic E-state index is 0.131. The lowest BCUT2D eigenvalue weighted by Crippen LogP contribution is -2.33. The van der Waals surface area contributed by atoms with Crippen molar-refractivity contribution in [1.82, 2.24) is 15.3 Å². The van der Waals surface area contributed by atoms with Gasteiger partial charge in [-0.2, -0.15) is 9.97 Å². The van der Waals surface area contributed by atoms with E-state index in [1.54, 1.807) is 20.3 Å². The Morgan fingerprint density at radius 1 is 1.13 bits per heavy atom. The molecule has 1 atom stereocenters. The molecular weight excluding hydrogens is 294 g/mol. The van der Waals surface area contributed by atoms with Crippen LogP contribution in [0.3, 0.4) is 0 Å². The van der Waals surface area contributed by atoms with E-state index < -0.39 is 0 Å². The second kappa shape index (κ2) is 7.39. The maximum atomic E-state index is 5.76. The number of rotatable bonds is 5. The number of morpholine rings is 1. The van der Waals surface area contributed by atoms with E-state index in [2.05, 4.69) is 39.6 Å². The van der Waals surface area contributed by atoms with Crippen LogP contribution in [0.4, 0.5) is 0 Å². The minimum Gasteiger partial charge on any atom is -0.481 e.